The summed E-state index contributed by atoms with van der Waals surface area (Å²) in [5.74, 6) is 2.11. The van der Waals surface area contributed by atoms with Crippen LogP contribution in [-0.4, -0.2) is 61.0 Å². The number of rotatable bonds is 11. The van der Waals surface area contributed by atoms with Crippen molar-refractivity contribution in [2.45, 2.75) is 57.5 Å². The van der Waals surface area contributed by atoms with Gasteiger partial charge < -0.3 is 14.5 Å². The summed E-state index contributed by atoms with van der Waals surface area (Å²) in [6.07, 6.45) is 6.23. The van der Waals surface area contributed by atoms with Crippen molar-refractivity contribution in [1.82, 2.24) is 9.80 Å². The zero-order chi connectivity index (χ0) is 26.9. The number of carbonyl (C=O) groups excluding carboxylic acids is 1. The Balaban J connectivity index is 1.13. The summed E-state index contributed by atoms with van der Waals surface area (Å²) in [5.41, 5.74) is 3.48. The summed E-state index contributed by atoms with van der Waals surface area (Å²) < 4.78 is 6.48. The second-order valence-electron chi connectivity index (χ2n) is 11.6. The van der Waals surface area contributed by atoms with Gasteiger partial charge in [0, 0.05) is 38.5 Å². The van der Waals surface area contributed by atoms with Crippen LogP contribution in [0.25, 0.3) is 0 Å². The molecule has 4 heteroatoms. The van der Waals surface area contributed by atoms with Gasteiger partial charge in [-0.05, 0) is 74.4 Å². The summed E-state index contributed by atoms with van der Waals surface area (Å²) in [7, 11) is 0. The van der Waals surface area contributed by atoms with Crippen LogP contribution < -0.4 is 4.74 Å². The van der Waals surface area contributed by atoms with Gasteiger partial charge in [0.2, 0.25) is 0 Å². The Morgan fingerprint density at radius 2 is 1.46 bits per heavy atom. The van der Waals surface area contributed by atoms with Crippen LogP contribution in [0.15, 0.2) is 84.9 Å². The molecule has 4 nitrogen and oxygen atoms in total. The fourth-order valence-corrected chi connectivity index (χ4v) is 6.31. The molecule has 206 valence electrons. The Kier molecular flexibility index (Phi) is 9.85. The van der Waals surface area contributed by atoms with Gasteiger partial charge in [-0.3, -0.25) is 4.79 Å². The molecule has 1 atom stereocenters. The molecule has 1 unspecified atom stereocenters. The minimum Gasteiger partial charge on any atom is -0.490 e. The van der Waals surface area contributed by atoms with Crippen molar-refractivity contribution in [1.29, 1.82) is 0 Å². The monoisotopic (exact) mass is 524 g/mol. The topological polar surface area (TPSA) is 32.8 Å². The molecule has 39 heavy (non-hydrogen) atoms. The van der Waals surface area contributed by atoms with Gasteiger partial charge in [0.05, 0.1) is 5.56 Å². The Morgan fingerprint density at radius 3 is 2.13 bits per heavy atom. The van der Waals surface area contributed by atoms with Gasteiger partial charge in [-0.1, -0.05) is 79.7 Å². The molecule has 0 amide bonds. The number of carbonyl (C=O) groups is 1. The van der Waals surface area contributed by atoms with Gasteiger partial charge in [-0.15, -0.1) is 0 Å². The normalized spacial score (nSPS) is 19.3. The molecule has 2 fully saturated rings. The van der Waals surface area contributed by atoms with Crippen LogP contribution in [0.1, 0.15) is 72.9 Å². The van der Waals surface area contributed by atoms with E-state index in [-0.39, 0.29) is 11.9 Å². The van der Waals surface area contributed by atoms with Crippen molar-refractivity contribution in [2.75, 3.05) is 39.3 Å². The quantitative estimate of drug-likeness (QED) is 0.252. The molecule has 3 aromatic rings. The zero-order valence-corrected chi connectivity index (χ0v) is 23.5. The van der Waals surface area contributed by atoms with E-state index in [0.717, 1.165) is 62.7 Å². The number of nitrogens with zero attached hydrogens (tertiary/aromatic N) is 2. The molecule has 0 bridgehead atoms. The minimum absolute atomic E-state index is 0.150. The minimum atomic E-state index is 0.150. The van der Waals surface area contributed by atoms with Crippen molar-refractivity contribution in [3.63, 3.8) is 0 Å². The number of likely N-dealkylation sites (tertiary alicyclic amines) is 2. The second kappa shape index (κ2) is 13.9. The van der Waals surface area contributed by atoms with Crippen LogP contribution in [0.4, 0.5) is 0 Å². The lowest BCUT2D eigenvalue weighted by Crippen LogP contribution is -2.40. The Labute approximate surface area is 235 Å². The molecular weight excluding hydrogens is 480 g/mol. The third kappa shape index (κ3) is 7.80. The maximum atomic E-state index is 13.1. The molecule has 5 rings (SSSR count). The highest BCUT2D eigenvalue weighted by molar-refractivity contribution is 5.98. The van der Waals surface area contributed by atoms with E-state index in [0.29, 0.717) is 12.3 Å². The molecule has 2 saturated heterocycles. The molecule has 0 aliphatic carbocycles. The summed E-state index contributed by atoms with van der Waals surface area (Å²) in [6, 6.07) is 29.6. The fourth-order valence-electron chi connectivity index (χ4n) is 6.31. The summed E-state index contributed by atoms with van der Waals surface area (Å²) in [5, 5.41) is 0. The first-order valence-electron chi connectivity index (χ1n) is 15.0. The number of Topliss-reactive ketones (excluding diaryl/α,β-unsaturated/α-hetero) is 1. The maximum absolute atomic E-state index is 13.1. The predicted molar refractivity (Wildman–Crippen MR) is 160 cm³/mol. The summed E-state index contributed by atoms with van der Waals surface area (Å²) in [6.45, 7) is 8.71. The van der Waals surface area contributed by atoms with Crippen LogP contribution in [0.3, 0.4) is 0 Å². The van der Waals surface area contributed by atoms with Crippen molar-refractivity contribution in [2.24, 2.45) is 5.92 Å². The molecule has 2 aliphatic heterocycles. The average molecular weight is 525 g/mol. The zero-order valence-electron chi connectivity index (χ0n) is 23.5. The highest BCUT2D eigenvalue weighted by atomic mass is 16.5. The standard InChI is InChI=1S/C35H44N2O2/c1-28-12-10-22-36(26-28)23-11-18-34(38)32-17-8-9-19-35(32)39-31-20-24-37(25-21-31)27-33(29-13-4-2-5-14-29)30-15-6-3-7-16-30/h2-9,13-17,19,28,31,33H,10-12,18,20-27H2,1H3. The van der Waals surface area contributed by atoms with Crippen LogP contribution in [0.5, 0.6) is 5.75 Å². The lowest BCUT2D eigenvalue weighted by atomic mass is 9.90. The van der Waals surface area contributed by atoms with Gasteiger partial charge >= 0.3 is 0 Å². The maximum Gasteiger partial charge on any atom is 0.166 e. The van der Waals surface area contributed by atoms with Crippen LogP contribution >= 0.6 is 0 Å². The number of piperidine rings is 2. The van der Waals surface area contributed by atoms with Crippen molar-refractivity contribution in [3.8, 4) is 5.75 Å². The van der Waals surface area contributed by atoms with Crippen LogP contribution in [0.2, 0.25) is 0 Å². The third-order valence-corrected chi connectivity index (χ3v) is 8.48. The first kappa shape index (κ1) is 27.6. The van der Waals surface area contributed by atoms with E-state index in [1.54, 1.807) is 0 Å². The molecule has 3 aromatic carbocycles. The van der Waals surface area contributed by atoms with E-state index in [4.69, 9.17) is 4.74 Å². The van der Waals surface area contributed by atoms with Gasteiger partial charge in [0.15, 0.2) is 5.78 Å². The van der Waals surface area contributed by atoms with E-state index in [1.807, 2.05) is 24.3 Å². The highest BCUT2D eigenvalue weighted by Gasteiger charge is 2.25. The number of hydrogen-bond acceptors (Lipinski definition) is 4. The predicted octanol–water partition coefficient (Wildman–Crippen LogP) is 7.06. The first-order chi connectivity index (χ1) is 19.2. The van der Waals surface area contributed by atoms with E-state index in [2.05, 4.69) is 77.4 Å². The molecular formula is C35H44N2O2. The summed E-state index contributed by atoms with van der Waals surface area (Å²) >= 11 is 0. The molecule has 0 saturated carbocycles. The number of benzene rings is 3. The second-order valence-corrected chi connectivity index (χ2v) is 11.6. The fraction of sp³-hybridized carbons (Fsp3) is 0.457. The molecule has 0 spiro atoms. The number of ether oxygens (including phenoxy) is 1. The van der Waals surface area contributed by atoms with E-state index in [1.165, 1.54) is 37.1 Å². The van der Waals surface area contributed by atoms with E-state index in [9.17, 15) is 4.79 Å². The van der Waals surface area contributed by atoms with Crippen LogP contribution in [0, 0.1) is 5.92 Å². The van der Waals surface area contributed by atoms with E-state index < -0.39 is 0 Å². The Bertz CT molecular complexity index is 1120. The van der Waals surface area contributed by atoms with Gasteiger partial charge in [-0.2, -0.15) is 0 Å². The first-order valence-corrected chi connectivity index (χ1v) is 15.0. The number of ketones is 1. The number of hydrogen-bond donors (Lipinski definition) is 0. The lowest BCUT2D eigenvalue weighted by Gasteiger charge is -2.35. The average Bonchev–Trinajstić information content (AvgIpc) is 2.98. The summed E-state index contributed by atoms with van der Waals surface area (Å²) in [4.78, 5) is 18.2. The molecule has 0 N–H and O–H groups in total. The highest BCUT2D eigenvalue weighted by Crippen LogP contribution is 2.29. The Hall–Kier alpha value is -2.95. The molecule has 0 radical (unpaired) electrons. The van der Waals surface area contributed by atoms with Gasteiger partial charge in [0.1, 0.15) is 11.9 Å². The van der Waals surface area contributed by atoms with Gasteiger partial charge in [-0.25, -0.2) is 0 Å². The van der Waals surface area contributed by atoms with Crippen molar-refractivity contribution in [3.05, 3.63) is 102 Å². The van der Waals surface area contributed by atoms with Crippen molar-refractivity contribution >= 4 is 5.78 Å². The third-order valence-electron chi connectivity index (χ3n) is 8.48. The van der Waals surface area contributed by atoms with Crippen LogP contribution in [-0.2, 0) is 0 Å². The van der Waals surface area contributed by atoms with Crippen molar-refractivity contribution < 1.29 is 9.53 Å². The van der Waals surface area contributed by atoms with E-state index >= 15 is 0 Å². The largest absolute Gasteiger partial charge is 0.490 e. The van der Waals surface area contributed by atoms with Gasteiger partial charge in [0.25, 0.3) is 0 Å². The molecule has 2 aliphatic rings. The SMILES string of the molecule is CC1CCCN(CCCC(=O)c2ccccc2OC2CCN(CC(c3ccccc3)c3ccccc3)CC2)C1. The Morgan fingerprint density at radius 1 is 0.821 bits per heavy atom. The molecule has 2 heterocycles. The number of para-hydroxylation sites is 1. The smallest absolute Gasteiger partial charge is 0.166 e. The molecule has 0 aromatic heterocycles. The lowest BCUT2D eigenvalue weighted by molar-refractivity contribution is 0.0911.